The molecule has 116 valence electrons. The molecule has 21 heavy (non-hydrogen) atoms. The Bertz CT molecular complexity index is 490. The summed E-state index contributed by atoms with van der Waals surface area (Å²) < 4.78 is 0. The van der Waals surface area contributed by atoms with Gasteiger partial charge in [0.25, 0.3) is 0 Å². The summed E-state index contributed by atoms with van der Waals surface area (Å²) in [5.41, 5.74) is 3.71. The molecule has 2 aliphatic rings. The topological polar surface area (TPSA) is 0 Å². The van der Waals surface area contributed by atoms with Crippen LogP contribution in [0, 0.1) is 0 Å². The maximum Gasteiger partial charge on any atom is 0.102 e. The van der Waals surface area contributed by atoms with E-state index in [4.69, 9.17) is 0 Å². The molecule has 2 fully saturated rings. The van der Waals surface area contributed by atoms with Crippen molar-refractivity contribution in [3.8, 4) is 0 Å². The second-order valence-electron chi connectivity index (χ2n) is 7.59. The third-order valence-electron chi connectivity index (χ3n) is 6.46. The first-order valence-corrected chi connectivity index (χ1v) is 12.6. The number of hydrogen-bond acceptors (Lipinski definition) is 0. The van der Waals surface area contributed by atoms with E-state index in [2.05, 4.69) is 58.6 Å². The summed E-state index contributed by atoms with van der Waals surface area (Å²) in [7, 11) is -0.923. The molecule has 0 N–H and O–H groups in total. The van der Waals surface area contributed by atoms with Gasteiger partial charge in [0, 0.05) is 5.30 Å². The monoisotopic (exact) mass is 321 g/mol. The third kappa shape index (κ3) is 2.52. The third-order valence-corrected chi connectivity index (χ3v) is 15.6. The summed E-state index contributed by atoms with van der Waals surface area (Å²) >= 11 is 0. The second-order valence-corrected chi connectivity index (χ2v) is 15.2. The van der Waals surface area contributed by atoms with E-state index in [1.54, 1.807) is 5.30 Å². The number of rotatable bonds is 2. The molecule has 2 aliphatic heterocycles. The Morgan fingerprint density at radius 2 is 1.38 bits per heavy atom. The summed E-state index contributed by atoms with van der Waals surface area (Å²) in [5, 5.41) is 3.61. The highest BCUT2D eigenvalue weighted by atomic mass is 31.2. The van der Waals surface area contributed by atoms with Gasteiger partial charge in [-0.1, -0.05) is 40.0 Å². The normalized spacial score (nSPS) is 36.2. The minimum absolute atomic E-state index is 0.0583. The molecule has 0 bridgehead atoms. The SMILES string of the molecule is C[C@H]1CC[C@H](C)P1c1ccccc1[P+]1(C)[C@@H](C)CC[C@@H]1C. The van der Waals surface area contributed by atoms with Crippen LogP contribution in [-0.4, -0.2) is 29.3 Å². The molecule has 4 atom stereocenters. The van der Waals surface area contributed by atoms with Gasteiger partial charge in [-0.05, 0) is 56.9 Å². The van der Waals surface area contributed by atoms with E-state index in [-0.39, 0.29) is 7.92 Å². The predicted molar refractivity (Wildman–Crippen MR) is 102 cm³/mol. The zero-order valence-corrected chi connectivity index (χ0v) is 16.1. The highest BCUT2D eigenvalue weighted by molar-refractivity contribution is 7.85. The molecule has 3 rings (SSSR count). The van der Waals surface area contributed by atoms with Crippen LogP contribution < -0.4 is 10.6 Å². The van der Waals surface area contributed by atoms with E-state index < -0.39 is 7.26 Å². The van der Waals surface area contributed by atoms with Crippen LogP contribution in [0.5, 0.6) is 0 Å². The van der Waals surface area contributed by atoms with Crippen LogP contribution in [0.25, 0.3) is 0 Å². The van der Waals surface area contributed by atoms with Gasteiger partial charge in [0.1, 0.15) is 5.30 Å². The smallest absolute Gasteiger partial charge is 0.0652 e. The van der Waals surface area contributed by atoms with Gasteiger partial charge in [-0.25, -0.2) is 0 Å². The highest BCUT2D eigenvalue weighted by Gasteiger charge is 2.52. The van der Waals surface area contributed by atoms with Crippen molar-refractivity contribution in [1.82, 2.24) is 0 Å². The second kappa shape index (κ2) is 5.94. The Kier molecular flexibility index (Phi) is 4.51. The number of benzene rings is 1. The fourth-order valence-electron chi connectivity index (χ4n) is 4.69. The standard InChI is InChI=1S/C19H31P2/c1-14-10-11-15(2)20(14)18-8-6-7-9-19(18)21(5)16(3)12-13-17(21)4/h6-9,14-17H,10-13H2,1-5H3/q+1/t14-,15-,16-,17-/m0/s1. The molecule has 0 spiro atoms. The maximum atomic E-state index is 2.66. The number of hydrogen-bond donors (Lipinski definition) is 0. The lowest BCUT2D eigenvalue weighted by molar-refractivity contribution is 0.777. The van der Waals surface area contributed by atoms with Crippen LogP contribution in [-0.2, 0) is 0 Å². The van der Waals surface area contributed by atoms with Crippen molar-refractivity contribution in [2.45, 2.75) is 76.0 Å². The van der Waals surface area contributed by atoms with Gasteiger partial charge in [0.15, 0.2) is 0 Å². The fraction of sp³-hybridized carbons (Fsp3) is 0.684. The molecule has 0 radical (unpaired) electrons. The van der Waals surface area contributed by atoms with E-state index in [0.717, 1.165) is 22.6 Å². The molecule has 2 heterocycles. The predicted octanol–water partition coefficient (Wildman–Crippen LogP) is 5.21. The van der Waals surface area contributed by atoms with Crippen LogP contribution in [0.1, 0.15) is 53.4 Å². The van der Waals surface area contributed by atoms with E-state index in [0.29, 0.717) is 0 Å². The lowest BCUT2D eigenvalue weighted by Crippen LogP contribution is -2.33. The van der Waals surface area contributed by atoms with E-state index in [1.165, 1.54) is 25.7 Å². The molecule has 0 aliphatic carbocycles. The Balaban J connectivity index is 2.08. The molecule has 0 aromatic heterocycles. The first-order valence-electron chi connectivity index (χ1n) is 8.70. The zero-order valence-electron chi connectivity index (χ0n) is 14.3. The molecule has 1 aromatic rings. The summed E-state index contributed by atoms with van der Waals surface area (Å²) in [4.78, 5) is 0. The first kappa shape index (κ1) is 16.0. The highest BCUT2D eigenvalue weighted by Crippen LogP contribution is 2.70. The Hall–Kier alpha value is 0.0800. The van der Waals surface area contributed by atoms with E-state index in [9.17, 15) is 0 Å². The lowest BCUT2D eigenvalue weighted by Gasteiger charge is -2.32. The van der Waals surface area contributed by atoms with Crippen molar-refractivity contribution in [2.24, 2.45) is 0 Å². The molecule has 0 nitrogen and oxygen atoms in total. The van der Waals surface area contributed by atoms with Crippen LogP contribution in [0.2, 0.25) is 0 Å². The van der Waals surface area contributed by atoms with Gasteiger partial charge in [-0.3, -0.25) is 0 Å². The molecule has 0 saturated carbocycles. The minimum atomic E-state index is -0.981. The van der Waals surface area contributed by atoms with Gasteiger partial charge in [0.05, 0.1) is 25.2 Å². The Morgan fingerprint density at radius 1 is 0.857 bits per heavy atom. The van der Waals surface area contributed by atoms with Crippen LogP contribution in [0.4, 0.5) is 0 Å². The minimum Gasteiger partial charge on any atom is -0.0652 e. The molecule has 0 unspecified atom stereocenters. The largest absolute Gasteiger partial charge is 0.102 e. The van der Waals surface area contributed by atoms with Crippen molar-refractivity contribution < 1.29 is 0 Å². The molecule has 0 amide bonds. The molecule has 2 heteroatoms. The lowest BCUT2D eigenvalue weighted by atomic mass is 10.2. The van der Waals surface area contributed by atoms with Crippen molar-refractivity contribution in [3.05, 3.63) is 24.3 Å². The molecule has 1 aromatic carbocycles. The molecular formula is C19H31P2+. The van der Waals surface area contributed by atoms with Crippen molar-refractivity contribution in [2.75, 3.05) is 6.66 Å². The summed E-state index contributed by atoms with van der Waals surface area (Å²) in [5.74, 6) is 0. The Morgan fingerprint density at radius 3 is 1.95 bits per heavy atom. The van der Waals surface area contributed by atoms with E-state index in [1.807, 2.05) is 5.30 Å². The summed E-state index contributed by atoms with van der Waals surface area (Å²) in [6, 6.07) is 9.63. The van der Waals surface area contributed by atoms with Crippen molar-refractivity contribution in [1.29, 1.82) is 0 Å². The average molecular weight is 321 g/mol. The first-order chi connectivity index (χ1) is 9.96. The molecule has 2 saturated heterocycles. The quantitative estimate of drug-likeness (QED) is 0.656. The molecular weight excluding hydrogens is 290 g/mol. The van der Waals surface area contributed by atoms with Crippen LogP contribution >= 0.6 is 15.2 Å². The van der Waals surface area contributed by atoms with Crippen molar-refractivity contribution >= 4 is 25.8 Å². The van der Waals surface area contributed by atoms with Crippen LogP contribution in [0.3, 0.4) is 0 Å². The maximum absolute atomic E-state index is 2.66. The fourth-order valence-corrected chi connectivity index (χ4v) is 13.1. The zero-order chi connectivity index (χ0) is 15.2. The summed E-state index contributed by atoms with van der Waals surface area (Å²) in [6.07, 6.45) is 5.79. The Labute approximate surface area is 133 Å². The average Bonchev–Trinajstić information content (AvgIpc) is 2.94. The van der Waals surface area contributed by atoms with Gasteiger partial charge >= 0.3 is 0 Å². The van der Waals surface area contributed by atoms with Gasteiger partial charge < -0.3 is 0 Å². The van der Waals surface area contributed by atoms with Gasteiger partial charge in [-0.15, -0.1) is 0 Å². The summed E-state index contributed by atoms with van der Waals surface area (Å²) in [6.45, 7) is 12.7. The van der Waals surface area contributed by atoms with Gasteiger partial charge in [-0.2, -0.15) is 0 Å². The van der Waals surface area contributed by atoms with E-state index >= 15 is 0 Å². The van der Waals surface area contributed by atoms with Crippen molar-refractivity contribution in [3.63, 3.8) is 0 Å². The van der Waals surface area contributed by atoms with Crippen LogP contribution in [0.15, 0.2) is 24.3 Å². The van der Waals surface area contributed by atoms with Gasteiger partial charge in [0.2, 0.25) is 0 Å².